The fourth-order valence-corrected chi connectivity index (χ4v) is 4.96. The number of rotatable bonds is 3. The molecule has 0 spiro atoms. The smallest absolute Gasteiger partial charge is 0.331 e. The summed E-state index contributed by atoms with van der Waals surface area (Å²) >= 11 is 7.47. The largest absolute Gasteiger partial charge is 0.446 e. The lowest BCUT2D eigenvalue weighted by Crippen LogP contribution is -2.37. The molecular formula is C20H19ClN4O5S. The van der Waals surface area contributed by atoms with Gasteiger partial charge in [0.1, 0.15) is 5.76 Å². The van der Waals surface area contributed by atoms with Crippen LogP contribution in [0.3, 0.4) is 0 Å². The molecule has 0 amide bonds. The normalized spacial score (nSPS) is 18.6. The Labute approximate surface area is 184 Å². The van der Waals surface area contributed by atoms with Crippen LogP contribution in [-0.4, -0.2) is 36.5 Å². The van der Waals surface area contributed by atoms with Gasteiger partial charge in [-0.05, 0) is 30.7 Å². The van der Waals surface area contributed by atoms with Crippen molar-refractivity contribution in [1.29, 1.82) is 0 Å². The average molecular weight is 463 g/mol. The number of hydrogen-bond acceptors (Lipinski definition) is 7. The predicted octanol–water partition coefficient (Wildman–Crippen LogP) is 2.20. The lowest BCUT2D eigenvalue weighted by atomic mass is 10.1. The van der Waals surface area contributed by atoms with Crippen LogP contribution in [0.15, 0.2) is 31.5 Å². The van der Waals surface area contributed by atoms with Gasteiger partial charge in [-0.3, -0.25) is 13.9 Å². The number of aryl methyl sites for hydroxylation is 2. The maximum atomic E-state index is 13.3. The molecule has 4 aromatic heterocycles. The molecule has 11 heteroatoms. The van der Waals surface area contributed by atoms with Crippen molar-refractivity contribution in [2.45, 2.75) is 25.7 Å². The summed E-state index contributed by atoms with van der Waals surface area (Å²) in [6, 6.07) is 3.28. The summed E-state index contributed by atoms with van der Waals surface area (Å²) in [5.74, 6) is 0.415. The van der Waals surface area contributed by atoms with Gasteiger partial charge in [0.25, 0.3) is 5.56 Å². The Bertz CT molecular complexity index is 1440. The zero-order chi connectivity index (χ0) is 22.0. The molecule has 9 nitrogen and oxygen atoms in total. The van der Waals surface area contributed by atoms with Gasteiger partial charge in [0.15, 0.2) is 11.3 Å². The Morgan fingerprint density at radius 2 is 2.06 bits per heavy atom. The second-order valence-corrected chi connectivity index (χ2v) is 8.92. The first-order valence-electron chi connectivity index (χ1n) is 9.58. The predicted molar refractivity (Wildman–Crippen MR) is 116 cm³/mol. The van der Waals surface area contributed by atoms with Gasteiger partial charge in [0.05, 0.1) is 52.2 Å². The third-order valence-electron chi connectivity index (χ3n) is 5.59. The van der Waals surface area contributed by atoms with E-state index in [1.807, 2.05) is 16.9 Å². The van der Waals surface area contributed by atoms with Crippen molar-refractivity contribution < 1.29 is 14.3 Å². The van der Waals surface area contributed by atoms with E-state index in [2.05, 4.69) is 4.98 Å². The van der Waals surface area contributed by atoms with Crippen molar-refractivity contribution in [3.05, 3.63) is 60.0 Å². The molecule has 0 bridgehead atoms. The van der Waals surface area contributed by atoms with Gasteiger partial charge in [-0.25, -0.2) is 9.78 Å². The van der Waals surface area contributed by atoms with E-state index >= 15 is 0 Å². The average Bonchev–Trinajstić information content (AvgIpc) is 3.46. The van der Waals surface area contributed by atoms with Crippen LogP contribution in [0.4, 0.5) is 0 Å². The van der Waals surface area contributed by atoms with Crippen molar-refractivity contribution >= 4 is 33.8 Å². The van der Waals surface area contributed by atoms with Crippen LogP contribution in [0.1, 0.15) is 22.6 Å². The van der Waals surface area contributed by atoms with E-state index in [1.165, 1.54) is 23.0 Å². The van der Waals surface area contributed by atoms with Crippen molar-refractivity contribution in [1.82, 2.24) is 18.7 Å². The molecule has 2 atom stereocenters. The molecule has 0 saturated carbocycles. The molecule has 0 fully saturated rings. The minimum atomic E-state index is -0.771. The minimum Gasteiger partial charge on any atom is -0.446 e. The number of aliphatic hydroxyl groups excluding tert-OH is 1. The highest BCUT2D eigenvalue weighted by molar-refractivity contribution is 7.09. The summed E-state index contributed by atoms with van der Waals surface area (Å²) < 4.78 is 16.2. The summed E-state index contributed by atoms with van der Waals surface area (Å²) in [6.45, 7) is 1.94. The molecule has 0 radical (unpaired) electrons. The van der Waals surface area contributed by atoms with Gasteiger partial charge in [0, 0.05) is 19.5 Å². The molecule has 4 aromatic rings. The van der Waals surface area contributed by atoms with Gasteiger partial charge >= 0.3 is 5.69 Å². The van der Waals surface area contributed by atoms with E-state index in [4.69, 9.17) is 20.8 Å². The molecule has 0 aromatic carbocycles. The Hall–Kier alpha value is -2.66. The summed E-state index contributed by atoms with van der Waals surface area (Å²) in [4.78, 5) is 30.7. The monoisotopic (exact) mass is 462 g/mol. The number of fused-ring (bicyclic) bond motifs is 3. The first-order chi connectivity index (χ1) is 14.8. The second kappa shape index (κ2) is 7.20. The van der Waals surface area contributed by atoms with E-state index in [0.29, 0.717) is 33.7 Å². The van der Waals surface area contributed by atoms with E-state index in [0.717, 1.165) is 9.57 Å². The van der Waals surface area contributed by atoms with Gasteiger partial charge in [-0.15, -0.1) is 11.3 Å². The SMILES string of the molecule is Cc1nc(-c2c3c(=O)n(C)c(=O)n(C)c3c3n2C[C@@H](CO)O[C@@H]3c2ccc(Cl)o2)cs1. The number of aliphatic hydroxyl groups is 1. The quantitative estimate of drug-likeness (QED) is 0.500. The Morgan fingerprint density at radius 1 is 1.29 bits per heavy atom. The molecule has 1 N–H and O–H groups in total. The summed E-state index contributed by atoms with van der Waals surface area (Å²) in [7, 11) is 3.07. The number of furan rings is 1. The van der Waals surface area contributed by atoms with Crippen LogP contribution in [0.5, 0.6) is 0 Å². The van der Waals surface area contributed by atoms with Gasteiger partial charge < -0.3 is 18.8 Å². The van der Waals surface area contributed by atoms with Crippen LogP contribution >= 0.6 is 22.9 Å². The fourth-order valence-electron chi connectivity index (χ4n) is 4.21. The Morgan fingerprint density at radius 3 is 2.68 bits per heavy atom. The van der Waals surface area contributed by atoms with Crippen LogP contribution in [0, 0.1) is 6.92 Å². The highest BCUT2D eigenvalue weighted by Gasteiger charge is 2.38. The van der Waals surface area contributed by atoms with Crippen molar-refractivity contribution in [2.24, 2.45) is 14.1 Å². The molecule has 0 aliphatic carbocycles. The highest BCUT2D eigenvalue weighted by Crippen LogP contribution is 2.42. The van der Waals surface area contributed by atoms with Crippen LogP contribution in [0.2, 0.25) is 5.22 Å². The lowest BCUT2D eigenvalue weighted by molar-refractivity contribution is -0.0589. The summed E-state index contributed by atoms with van der Waals surface area (Å²) in [5.41, 5.74) is 1.38. The van der Waals surface area contributed by atoms with Crippen LogP contribution < -0.4 is 11.2 Å². The van der Waals surface area contributed by atoms with Crippen molar-refractivity contribution in [3.63, 3.8) is 0 Å². The zero-order valence-corrected chi connectivity index (χ0v) is 18.5. The van der Waals surface area contributed by atoms with E-state index in [-0.39, 0.29) is 18.4 Å². The lowest BCUT2D eigenvalue weighted by Gasteiger charge is -2.31. The summed E-state index contributed by atoms with van der Waals surface area (Å²) in [5, 5.41) is 13.2. The number of hydrogen-bond donors (Lipinski definition) is 1. The van der Waals surface area contributed by atoms with Crippen LogP contribution in [0.25, 0.3) is 22.3 Å². The number of nitrogens with zero attached hydrogens (tertiary/aromatic N) is 4. The molecule has 162 valence electrons. The first-order valence-corrected chi connectivity index (χ1v) is 10.8. The minimum absolute atomic E-state index is 0.187. The molecule has 5 rings (SSSR count). The fraction of sp³-hybridized carbons (Fsp3) is 0.350. The number of thiazole rings is 1. The molecular weight excluding hydrogens is 444 g/mol. The molecule has 31 heavy (non-hydrogen) atoms. The highest BCUT2D eigenvalue weighted by atomic mass is 35.5. The number of aromatic nitrogens is 4. The van der Waals surface area contributed by atoms with Crippen molar-refractivity contribution in [2.75, 3.05) is 6.61 Å². The maximum absolute atomic E-state index is 13.3. The van der Waals surface area contributed by atoms with Gasteiger partial charge in [-0.1, -0.05) is 0 Å². The first kappa shape index (κ1) is 20.3. The van der Waals surface area contributed by atoms with E-state index in [9.17, 15) is 14.7 Å². The topological polar surface area (TPSA) is 104 Å². The Balaban J connectivity index is 1.96. The molecule has 5 heterocycles. The molecule has 1 aliphatic rings. The standard InChI is InChI=1S/C20H19ClN4O5S/c1-9-22-11(8-31-9)15-14-16(23(2)20(28)24(3)19(14)27)17-18(12-4-5-13(21)30-12)29-10(7-26)6-25(15)17/h4-5,8,10,18,26H,6-7H2,1-3H3/t10-,18+/m0/s1. The van der Waals surface area contributed by atoms with Crippen molar-refractivity contribution in [3.8, 4) is 11.4 Å². The van der Waals surface area contributed by atoms with E-state index < -0.39 is 23.5 Å². The number of halogens is 1. The maximum Gasteiger partial charge on any atom is 0.331 e. The van der Waals surface area contributed by atoms with Gasteiger partial charge in [-0.2, -0.15) is 0 Å². The van der Waals surface area contributed by atoms with E-state index in [1.54, 1.807) is 19.2 Å². The second-order valence-electron chi connectivity index (χ2n) is 7.49. The number of ether oxygens (including phenoxy) is 1. The third kappa shape index (κ3) is 2.93. The third-order valence-corrected chi connectivity index (χ3v) is 6.56. The molecule has 1 aliphatic heterocycles. The molecule has 0 unspecified atom stereocenters. The summed E-state index contributed by atoms with van der Waals surface area (Å²) in [6.07, 6.45) is -1.32. The Kier molecular flexibility index (Phi) is 4.70. The molecule has 0 saturated heterocycles. The zero-order valence-electron chi connectivity index (χ0n) is 17.0. The van der Waals surface area contributed by atoms with Gasteiger partial charge in [0.2, 0.25) is 0 Å². The van der Waals surface area contributed by atoms with Crippen LogP contribution in [-0.2, 0) is 25.4 Å².